The summed E-state index contributed by atoms with van der Waals surface area (Å²) in [6, 6.07) is 10.2. The first kappa shape index (κ1) is 20.1. The molecule has 10 heteroatoms. The third-order valence-electron chi connectivity index (χ3n) is 5.31. The zero-order chi connectivity index (χ0) is 21.4. The van der Waals surface area contributed by atoms with Gasteiger partial charge in [-0.15, -0.1) is 0 Å². The highest BCUT2D eigenvalue weighted by atomic mass is 32.2. The van der Waals surface area contributed by atoms with Crippen molar-refractivity contribution in [3.05, 3.63) is 46.9 Å². The minimum absolute atomic E-state index is 0.202. The summed E-state index contributed by atoms with van der Waals surface area (Å²) in [7, 11) is -3.31. The lowest BCUT2D eigenvalue weighted by atomic mass is 9.89. The van der Waals surface area contributed by atoms with E-state index in [2.05, 4.69) is 21.5 Å². The zero-order valence-electron chi connectivity index (χ0n) is 16.4. The summed E-state index contributed by atoms with van der Waals surface area (Å²) in [5.41, 5.74) is 0.234. The van der Waals surface area contributed by atoms with Gasteiger partial charge in [0.1, 0.15) is 5.39 Å². The number of hydrogen-bond acceptors (Lipinski definition) is 7. The van der Waals surface area contributed by atoms with Gasteiger partial charge in [-0.25, -0.2) is 8.42 Å². The molecule has 1 unspecified atom stereocenters. The maximum atomic E-state index is 12.6. The Labute approximate surface area is 173 Å². The van der Waals surface area contributed by atoms with Crippen LogP contribution in [0.3, 0.4) is 0 Å². The van der Waals surface area contributed by atoms with Crippen LogP contribution in [0.15, 0.2) is 46.2 Å². The number of nitrogens with zero attached hydrogens (tertiary/aromatic N) is 3. The SMILES string of the molecule is CS(=O)(=O)c1ccc(Nc2nn(C3(CC#N)CCCOC3)c3cc[nH]c(=O)c23)cc1. The highest BCUT2D eigenvalue weighted by Gasteiger charge is 2.38. The number of aromatic nitrogens is 3. The summed E-state index contributed by atoms with van der Waals surface area (Å²) in [6.45, 7) is 0.970. The summed E-state index contributed by atoms with van der Waals surface area (Å²) in [5, 5.41) is 17.6. The second-order valence-electron chi connectivity index (χ2n) is 7.46. The molecule has 1 aliphatic heterocycles. The molecule has 1 saturated heterocycles. The van der Waals surface area contributed by atoms with Crippen molar-refractivity contribution in [3.63, 3.8) is 0 Å². The fourth-order valence-electron chi connectivity index (χ4n) is 3.81. The highest BCUT2D eigenvalue weighted by molar-refractivity contribution is 7.90. The lowest BCUT2D eigenvalue weighted by molar-refractivity contribution is -0.00174. The average Bonchev–Trinajstić information content (AvgIpc) is 3.09. The number of H-pyrrole nitrogens is 1. The normalized spacial score (nSPS) is 19.5. The molecule has 0 spiro atoms. The number of sulfone groups is 1. The summed E-state index contributed by atoms with van der Waals surface area (Å²) < 4.78 is 30.8. The monoisotopic (exact) mass is 427 g/mol. The molecule has 0 bridgehead atoms. The second-order valence-corrected chi connectivity index (χ2v) is 9.48. The van der Waals surface area contributed by atoms with Gasteiger partial charge in [-0.05, 0) is 43.2 Å². The molecule has 156 valence electrons. The molecule has 3 heterocycles. The Kier molecular flexibility index (Phi) is 5.09. The maximum Gasteiger partial charge on any atom is 0.261 e. The first-order valence-corrected chi connectivity index (χ1v) is 11.4. The minimum atomic E-state index is -3.31. The minimum Gasteiger partial charge on any atom is -0.379 e. The van der Waals surface area contributed by atoms with E-state index in [4.69, 9.17) is 4.74 Å². The van der Waals surface area contributed by atoms with E-state index in [9.17, 15) is 18.5 Å². The van der Waals surface area contributed by atoms with E-state index in [0.717, 1.165) is 12.7 Å². The van der Waals surface area contributed by atoms with Crippen molar-refractivity contribution in [1.29, 1.82) is 5.26 Å². The number of nitrogens with one attached hydrogen (secondary N) is 2. The molecule has 0 radical (unpaired) electrons. The number of rotatable bonds is 5. The van der Waals surface area contributed by atoms with Crippen LogP contribution in [-0.4, -0.2) is 42.7 Å². The highest BCUT2D eigenvalue weighted by Crippen LogP contribution is 2.35. The Morgan fingerprint density at radius 3 is 2.73 bits per heavy atom. The molecule has 1 fully saturated rings. The molecule has 30 heavy (non-hydrogen) atoms. The van der Waals surface area contributed by atoms with Crippen LogP contribution in [0.2, 0.25) is 0 Å². The van der Waals surface area contributed by atoms with Crippen LogP contribution in [0.5, 0.6) is 0 Å². The van der Waals surface area contributed by atoms with Crippen LogP contribution in [-0.2, 0) is 20.1 Å². The molecule has 0 amide bonds. The fraction of sp³-hybridized carbons (Fsp3) is 0.350. The van der Waals surface area contributed by atoms with Gasteiger partial charge in [0.2, 0.25) is 0 Å². The molecule has 9 nitrogen and oxygen atoms in total. The number of nitriles is 1. The van der Waals surface area contributed by atoms with Crippen LogP contribution in [0.1, 0.15) is 19.3 Å². The molecule has 4 rings (SSSR count). The fourth-order valence-corrected chi connectivity index (χ4v) is 4.45. The number of anilines is 2. The molecule has 1 atom stereocenters. The van der Waals surface area contributed by atoms with Gasteiger partial charge in [-0.2, -0.15) is 10.4 Å². The van der Waals surface area contributed by atoms with Gasteiger partial charge in [0.25, 0.3) is 5.56 Å². The van der Waals surface area contributed by atoms with Gasteiger partial charge in [0, 0.05) is 24.7 Å². The quantitative estimate of drug-likeness (QED) is 0.639. The number of ether oxygens (including phenoxy) is 1. The zero-order valence-corrected chi connectivity index (χ0v) is 17.2. The van der Waals surface area contributed by atoms with E-state index in [-0.39, 0.29) is 16.9 Å². The summed E-state index contributed by atoms with van der Waals surface area (Å²) in [5.74, 6) is 0.335. The second kappa shape index (κ2) is 7.59. The Morgan fingerprint density at radius 1 is 1.33 bits per heavy atom. The molecular weight excluding hydrogens is 406 g/mol. The van der Waals surface area contributed by atoms with E-state index < -0.39 is 15.4 Å². The van der Waals surface area contributed by atoms with Gasteiger partial charge in [0.05, 0.1) is 35.0 Å². The third-order valence-corrected chi connectivity index (χ3v) is 6.44. The van der Waals surface area contributed by atoms with Gasteiger partial charge >= 0.3 is 0 Å². The Hall–Kier alpha value is -3.16. The van der Waals surface area contributed by atoms with Gasteiger partial charge in [0.15, 0.2) is 15.7 Å². The lowest BCUT2D eigenvalue weighted by Gasteiger charge is -2.35. The molecule has 1 aromatic carbocycles. The predicted molar refractivity (Wildman–Crippen MR) is 111 cm³/mol. The standard InChI is InChI=1S/C20H21N5O4S/c1-30(27,28)15-5-3-14(4-6-15)23-18-17-16(7-11-22-19(17)26)25(24-18)20(9-10-21)8-2-12-29-13-20/h3-7,11H,2,8-9,12-13H2,1H3,(H,22,26)(H,23,24). The van der Waals surface area contributed by atoms with Crippen LogP contribution >= 0.6 is 0 Å². The van der Waals surface area contributed by atoms with Crippen molar-refractivity contribution in [2.45, 2.75) is 29.7 Å². The van der Waals surface area contributed by atoms with Crippen molar-refractivity contribution in [2.24, 2.45) is 0 Å². The predicted octanol–water partition coefficient (Wildman–Crippen LogP) is 2.29. The third kappa shape index (κ3) is 3.58. The Bertz CT molecular complexity index is 1280. The van der Waals surface area contributed by atoms with Crippen LogP contribution in [0.25, 0.3) is 10.9 Å². The van der Waals surface area contributed by atoms with Gasteiger partial charge < -0.3 is 15.0 Å². The molecule has 0 aliphatic carbocycles. The van der Waals surface area contributed by atoms with E-state index in [0.29, 0.717) is 42.0 Å². The average molecular weight is 427 g/mol. The first-order valence-electron chi connectivity index (χ1n) is 9.47. The van der Waals surface area contributed by atoms with Crippen LogP contribution in [0, 0.1) is 11.3 Å². The van der Waals surface area contributed by atoms with Gasteiger partial charge in [-0.3, -0.25) is 9.48 Å². The van der Waals surface area contributed by atoms with Crippen molar-refractivity contribution < 1.29 is 13.2 Å². The van der Waals surface area contributed by atoms with Crippen molar-refractivity contribution >= 4 is 32.2 Å². The van der Waals surface area contributed by atoms with Crippen molar-refractivity contribution in [1.82, 2.24) is 14.8 Å². The molecular formula is C20H21N5O4S. The van der Waals surface area contributed by atoms with E-state index >= 15 is 0 Å². The van der Waals surface area contributed by atoms with Gasteiger partial charge in [-0.1, -0.05) is 0 Å². The van der Waals surface area contributed by atoms with E-state index in [1.54, 1.807) is 29.1 Å². The molecule has 3 aromatic rings. The molecule has 2 N–H and O–H groups in total. The first-order chi connectivity index (χ1) is 14.3. The summed E-state index contributed by atoms with van der Waals surface area (Å²) in [4.78, 5) is 15.5. The number of fused-ring (bicyclic) bond motifs is 1. The van der Waals surface area contributed by atoms with E-state index in [1.807, 2.05) is 0 Å². The number of hydrogen-bond donors (Lipinski definition) is 2. The maximum absolute atomic E-state index is 12.6. The number of aromatic amines is 1. The smallest absolute Gasteiger partial charge is 0.261 e. The number of benzene rings is 1. The van der Waals surface area contributed by atoms with Crippen molar-refractivity contribution in [2.75, 3.05) is 24.8 Å². The summed E-state index contributed by atoms with van der Waals surface area (Å²) >= 11 is 0. The lowest BCUT2D eigenvalue weighted by Crippen LogP contribution is -2.42. The summed E-state index contributed by atoms with van der Waals surface area (Å²) in [6.07, 6.45) is 4.41. The van der Waals surface area contributed by atoms with E-state index in [1.165, 1.54) is 12.1 Å². The topological polar surface area (TPSA) is 130 Å². The molecule has 2 aromatic heterocycles. The molecule has 0 saturated carbocycles. The Balaban J connectivity index is 1.81. The number of pyridine rings is 1. The Morgan fingerprint density at radius 2 is 2.10 bits per heavy atom. The van der Waals surface area contributed by atoms with Crippen LogP contribution < -0.4 is 10.9 Å². The van der Waals surface area contributed by atoms with Crippen molar-refractivity contribution in [3.8, 4) is 6.07 Å². The largest absolute Gasteiger partial charge is 0.379 e. The molecule has 1 aliphatic rings. The van der Waals surface area contributed by atoms with Crippen LogP contribution in [0.4, 0.5) is 11.5 Å².